The van der Waals surface area contributed by atoms with E-state index in [2.05, 4.69) is 280 Å². The maximum atomic E-state index is 9.24. The Hall–Kier alpha value is -9.82. The molecule has 16 rings (SSSR count). The molecule has 14 aromatic carbocycles. The highest BCUT2D eigenvalue weighted by atomic mass is 79.9. The minimum atomic E-state index is -1.44. The fourth-order valence-electron chi connectivity index (χ4n) is 12.3. The Labute approximate surface area is 483 Å². The van der Waals surface area contributed by atoms with E-state index in [0.717, 1.165) is 16.7 Å². The van der Waals surface area contributed by atoms with Crippen molar-refractivity contribution in [1.82, 2.24) is 9.13 Å². The van der Waals surface area contributed by atoms with Gasteiger partial charge in [-0.1, -0.05) is 255 Å². The predicted molar refractivity (Wildman–Crippen MR) is 352 cm³/mol. The van der Waals surface area contributed by atoms with Crippen LogP contribution in [0.25, 0.3) is 131 Å². The number of nitrogens with zero attached hydrogens (tertiary/aromatic N) is 2. The lowest BCUT2D eigenvalue weighted by Crippen LogP contribution is -2.29. The number of halogens is 1. The van der Waals surface area contributed by atoms with Crippen LogP contribution in [-0.4, -0.2) is 26.3 Å². The van der Waals surface area contributed by atoms with Crippen molar-refractivity contribution >= 4 is 115 Å². The normalized spacial score (nSPS) is 11.4. The van der Waals surface area contributed by atoms with Crippen LogP contribution in [0, 0.1) is 0 Å². The summed E-state index contributed by atoms with van der Waals surface area (Å²) < 4.78 is 5.75. The number of hydrogen-bond acceptors (Lipinski definition) is 2. The molecule has 0 aliphatic rings. The molecule has 0 saturated carbocycles. The van der Waals surface area contributed by atoms with Crippen LogP contribution in [0.2, 0.25) is 0 Å². The molecule has 0 fully saturated rings. The van der Waals surface area contributed by atoms with E-state index in [9.17, 15) is 10.0 Å². The van der Waals surface area contributed by atoms with Crippen LogP contribution >= 0.6 is 15.9 Å². The maximum absolute atomic E-state index is 9.24. The van der Waals surface area contributed by atoms with E-state index in [-0.39, 0.29) is 0 Å². The summed E-state index contributed by atoms with van der Waals surface area (Å²) in [5.74, 6) is 0. The number of fused-ring (bicyclic) bond motifs is 10. The third-order valence-corrected chi connectivity index (χ3v) is 16.8. The summed E-state index contributed by atoms with van der Waals surface area (Å²) in [5, 5.41) is 33.7. The van der Waals surface area contributed by atoms with Crippen LogP contribution in [0.4, 0.5) is 0 Å². The van der Waals surface area contributed by atoms with Crippen molar-refractivity contribution in [2.75, 3.05) is 0 Å². The van der Waals surface area contributed by atoms with Gasteiger partial charge < -0.3 is 19.2 Å². The second-order valence-corrected chi connectivity index (χ2v) is 21.4. The first-order valence-electron chi connectivity index (χ1n) is 27.7. The van der Waals surface area contributed by atoms with Crippen molar-refractivity contribution in [1.29, 1.82) is 0 Å². The number of rotatable bonds is 6. The van der Waals surface area contributed by atoms with E-state index >= 15 is 0 Å². The molecule has 0 radical (unpaired) electrons. The molecule has 0 aliphatic carbocycles. The second kappa shape index (κ2) is 21.7. The summed E-state index contributed by atoms with van der Waals surface area (Å²) in [6.45, 7) is 0. The third kappa shape index (κ3) is 8.91. The zero-order valence-electron chi connectivity index (χ0n) is 44.6. The van der Waals surface area contributed by atoms with Crippen molar-refractivity contribution in [2.45, 2.75) is 0 Å². The summed E-state index contributed by atoms with van der Waals surface area (Å²) in [4.78, 5) is 0. The van der Waals surface area contributed by atoms with Gasteiger partial charge in [0.05, 0.1) is 22.1 Å². The smallest absolute Gasteiger partial charge is 0.423 e. The average Bonchev–Trinajstić information content (AvgIpc) is 4.02. The zero-order valence-corrected chi connectivity index (χ0v) is 46.2. The van der Waals surface area contributed by atoms with Crippen molar-refractivity contribution < 1.29 is 10.0 Å². The zero-order chi connectivity index (χ0) is 55.1. The Morgan fingerprint density at radius 3 is 0.768 bits per heavy atom. The molecule has 4 nitrogen and oxygen atoms in total. The lowest BCUT2D eigenvalue weighted by Gasteiger charge is -2.18. The van der Waals surface area contributed by atoms with E-state index in [1.54, 1.807) is 12.1 Å². The molecule has 0 spiro atoms. The van der Waals surface area contributed by atoms with Crippen molar-refractivity contribution in [3.63, 3.8) is 0 Å². The lowest BCUT2D eigenvalue weighted by molar-refractivity contribution is 0.426. The molecular weight excluding hydrogens is 1060 g/mol. The first-order valence-corrected chi connectivity index (χ1v) is 28.5. The summed E-state index contributed by atoms with van der Waals surface area (Å²) >= 11 is 3.79. The highest BCUT2D eigenvalue weighted by Crippen LogP contribution is 2.45. The van der Waals surface area contributed by atoms with Gasteiger partial charge in [0.25, 0.3) is 0 Å². The maximum Gasteiger partial charge on any atom is 0.488 e. The van der Waals surface area contributed by atoms with Gasteiger partial charge in [-0.15, -0.1) is 0 Å². The molecule has 2 aromatic heterocycles. The molecule has 82 heavy (non-hydrogen) atoms. The van der Waals surface area contributed by atoms with E-state index in [1.807, 2.05) is 36.4 Å². The number of benzene rings is 14. The molecular formula is C76H52BBrN2O2. The van der Waals surface area contributed by atoms with Crippen LogP contribution in [0.3, 0.4) is 0 Å². The van der Waals surface area contributed by atoms with Crippen LogP contribution in [0.1, 0.15) is 0 Å². The third-order valence-electron chi connectivity index (χ3n) is 15.9. The largest absolute Gasteiger partial charge is 0.488 e. The van der Waals surface area contributed by atoms with E-state index in [0.29, 0.717) is 5.46 Å². The van der Waals surface area contributed by atoms with Crippen LogP contribution in [-0.2, 0) is 0 Å². The minimum absolute atomic E-state index is 0.490. The summed E-state index contributed by atoms with van der Waals surface area (Å²) in [5.41, 5.74) is 15.0. The highest BCUT2D eigenvalue weighted by molar-refractivity contribution is 9.10. The molecule has 16 aromatic rings. The first-order chi connectivity index (χ1) is 40.5. The molecule has 0 amide bonds. The van der Waals surface area contributed by atoms with Gasteiger partial charge in [-0.2, -0.15) is 0 Å². The molecule has 2 heterocycles. The van der Waals surface area contributed by atoms with Gasteiger partial charge in [0.2, 0.25) is 0 Å². The SMILES string of the molecule is Brc1c2ccccc2c(-c2ccccc2)c2ccccc12.OB(O)c1ccc(-n2c3ccccc3c3ccccc32)cc1.c1ccc(-c2c3ccccc3c(-c3ccc(-n4c5ccccc5c5ccccc54)cc3)c3ccccc23)cc1. The van der Waals surface area contributed by atoms with Crippen LogP contribution in [0.5, 0.6) is 0 Å². The standard InChI is InChI=1S/C38H25N.C20H13Br.C18H14BNO2/c1-2-12-26(13-3-1)37-31-16-4-6-18-33(31)38(34-19-7-5-17-32(34)37)27-22-24-28(25-23-27)39-35-20-10-8-14-29(35)30-15-9-11-21-36(30)39;21-20-17-12-6-4-10-15(17)19(14-8-2-1-3-9-14)16-11-5-7-13-18(16)20;21-19(22)13-9-11-14(12-10-13)20-17-7-3-1-5-15(17)16-6-2-4-8-18(16)20/h1-25H;1-13H;1-12,21-22H. The molecule has 0 atom stereocenters. The Balaban J connectivity index is 0.000000119. The molecule has 0 unspecified atom stereocenters. The Kier molecular flexibility index (Phi) is 13.3. The highest BCUT2D eigenvalue weighted by Gasteiger charge is 2.19. The van der Waals surface area contributed by atoms with Gasteiger partial charge in [-0.3, -0.25) is 0 Å². The molecule has 388 valence electrons. The number of para-hydroxylation sites is 4. The fraction of sp³-hybridized carbons (Fsp3) is 0. The molecule has 6 heteroatoms. The topological polar surface area (TPSA) is 50.3 Å². The first kappa shape index (κ1) is 50.4. The van der Waals surface area contributed by atoms with Crippen molar-refractivity contribution in [3.05, 3.63) is 308 Å². The van der Waals surface area contributed by atoms with Crippen molar-refractivity contribution in [2.24, 2.45) is 0 Å². The second-order valence-electron chi connectivity index (χ2n) is 20.6. The quantitative estimate of drug-likeness (QED) is 0.129. The van der Waals surface area contributed by atoms with E-state index in [1.165, 1.54) is 119 Å². The molecule has 2 N–H and O–H groups in total. The summed E-state index contributed by atoms with van der Waals surface area (Å²) in [6.07, 6.45) is 0. The van der Waals surface area contributed by atoms with Gasteiger partial charge in [-0.05, 0) is 146 Å². The monoisotopic (exact) mass is 1110 g/mol. The summed E-state index contributed by atoms with van der Waals surface area (Å²) in [6, 6.07) is 107. The lowest BCUT2D eigenvalue weighted by atomic mass is 9.80. The van der Waals surface area contributed by atoms with Gasteiger partial charge >= 0.3 is 7.12 Å². The Morgan fingerprint density at radius 1 is 0.232 bits per heavy atom. The van der Waals surface area contributed by atoms with Gasteiger partial charge in [-0.25, -0.2) is 0 Å². The van der Waals surface area contributed by atoms with E-state index < -0.39 is 7.12 Å². The summed E-state index contributed by atoms with van der Waals surface area (Å²) in [7, 11) is -1.44. The fourth-order valence-corrected chi connectivity index (χ4v) is 13.0. The van der Waals surface area contributed by atoms with E-state index in [4.69, 9.17) is 0 Å². The molecule has 0 aliphatic heterocycles. The minimum Gasteiger partial charge on any atom is -0.423 e. The molecule has 0 bridgehead atoms. The molecule has 0 saturated heterocycles. The van der Waals surface area contributed by atoms with Gasteiger partial charge in [0, 0.05) is 37.4 Å². The number of hydrogen-bond donors (Lipinski definition) is 2. The van der Waals surface area contributed by atoms with Crippen molar-refractivity contribution in [3.8, 4) is 44.8 Å². The average molecular weight is 1120 g/mol. The Morgan fingerprint density at radius 2 is 0.463 bits per heavy atom. The van der Waals surface area contributed by atoms with Gasteiger partial charge in [0.15, 0.2) is 0 Å². The predicted octanol–water partition coefficient (Wildman–Crippen LogP) is 19.3. The number of aromatic nitrogens is 2. The Bertz CT molecular complexity index is 4790. The van der Waals surface area contributed by atoms with Gasteiger partial charge in [0.1, 0.15) is 0 Å². The van der Waals surface area contributed by atoms with Crippen LogP contribution in [0.15, 0.2) is 308 Å². The van der Waals surface area contributed by atoms with Crippen LogP contribution < -0.4 is 5.46 Å².